The third-order valence-corrected chi connectivity index (χ3v) is 4.37. The van der Waals surface area contributed by atoms with Crippen LogP contribution in [0.25, 0.3) is 0 Å². The van der Waals surface area contributed by atoms with E-state index in [0.717, 1.165) is 24.3 Å². The molecule has 2 aromatic rings. The van der Waals surface area contributed by atoms with Crippen LogP contribution < -0.4 is 10.1 Å². The van der Waals surface area contributed by atoms with E-state index in [9.17, 15) is 0 Å². The largest absolute Gasteiger partial charge is 0.497 e. The van der Waals surface area contributed by atoms with Gasteiger partial charge in [-0.2, -0.15) is 0 Å². The molecule has 0 radical (unpaired) electrons. The molecule has 1 aromatic heterocycles. The van der Waals surface area contributed by atoms with Crippen molar-refractivity contribution in [3.05, 3.63) is 45.9 Å². The number of benzene rings is 1. The van der Waals surface area contributed by atoms with E-state index >= 15 is 0 Å². The van der Waals surface area contributed by atoms with Crippen molar-refractivity contribution in [3.8, 4) is 5.75 Å². The van der Waals surface area contributed by atoms with Crippen LogP contribution in [0.4, 0.5) is 0 Å². The summed E-state index contributed by atoms with van der Waals surface area (Å²) < 4.78 is 5.17. The highest BCUT2D eigenvalue weighted by Crippen LogP contribution is 2.25. The number of aryl methyl sites for hydroxylation is 2. The van der Waals surface area contributed by atoms with Crippen molar-refractivity contribution in [2.75, 3.05) is 14.2 Å². The average molecular weight is 276 g/mol. The number of ether oxygens (including phenoxy) is 1. The van der Waals surface area contributed by atoms with Gasteiger partial charge in [0, 0.05) is 10.9 Å². The summed E-state index contributed by atoms with van der Waals surface area (Å²) in [6.45, 7) is 2.07. The SMILES string of the molecule is CNC(CCc1ccc(OC)cc1)c1scnc1C. The van der Waals surface area contributed by atoms with Crippen molar-refractivity contribution in [3.63, 3.8) is 0 Å². The molecule has 0 saturated heterocycles. The van der Waals surface area contributed by atoms with Gasteiger partial charge in [-0.15, -0.1) is 11.3 Å². The number of thiazole rings is 1. The standard InChI is InChI=1S/C15H20N2OS/c1-11-15(19-10-17-11)14(16-2)9-6-12-4-7-13(18-3)8-5-12/h4-5,7-8,10,14,16H,6,9H2,1-3H3. The van der Waals surface area contributed by atoms with Gasteiger partial charge >= 0.3 is 0 Å². The van der Waals surface area contributed by atoms with E-state index in [-0.39, 0.29) is 0 Å². The van der Waals surface area contributed by atoms with E-state index < -0.39 is 0 Å². The first-order valence-electron chi connectivity index (χ1n) is 6.44. The summed E-state index contributed by atoms with van der Waals surface area (Å²) >= 11 is 1.73. The Hall–Kier alpha value is -1.39. The molecule has 0 saturated carbocycles. The second-order valence-electron chi connectivity index (χ2n) is 4.53. The number of nitrogens with zero attached hydrogens (tertiary/aromatic N) is 1. The molecule has 1 N–H and O–H groups in total. The number of aromatic nitrogens is 1. The van der Waals surface area contributed by atoms with Crippen molar-refractivity contribution < 1.29 is 4.74 Å². The zero-order valence-corrected chi connectivity index (χ0v) is 12.5. The smallest absolute Gasteiger partial charge is 0.118 e. The predicted octanol–water partition coefficient (Wildman–Crippen LogP) is 3.35. The van der Waals surface area contributed by atoms with Crippen LogP contribution in [0.15, 0.2) is 29.8 Å². The topological polar surface area (TPSA) is 34.1 Å². The summed E-state index contributed by atoms with van der Waals surface area (Å²) in [6.07, 6.45) is 2.12. The van der Waals surface area contributed by atoms with Gasteiger partial charge in [-0.25, -0.2) is 4.98 Å². The van der Waals surface area contributed by atoms with Gasteiger partial charge in [0.25, 0.3) is 0 Å². The van der Waals surface area contributed by atoms with E-state index in [1.165, 1.54) is 10.4 Å². The lowest BCUT2D eigenvalue weighted by molar-refractivity contribution is 0.414. The molecular weight excluding hydrogens is 256 g/mol. The summed E-state index contributed by atoms with van der Waals surface area (Å²) in [7, 11) is 3.70. The minimum atomic E-state index is 0.384. The molecule has 0 bridgehead atoms. The Morgan fingerprint density at radius 1 is 1.32 bits per heavy atom. The first-order chi connectivity index (χ1) is 9.24. The van der Waals surface area contributed by atoms with E-state index in [4.69, 9.17) is 4.74 Å². The predicted molar refractivity (Wildman–Crippen MR) is 80.0 cm³/mol. The first kappa shape index (κ1) is 14.0. The Kier molecular flexibility index (Phi) is 4.93. The number of nitrogens with one attached hydrogen (secondary N) is 1. The maximum Gasteiger partial charge on any atom is 0.118 e. The normalized spacial score (nSPS) is 12.4. The van der Waals surface area contributed by atoms with Gasteiger partial charge in [-0.3, -0.25) is 0 Å². The Morgan fingerprint density at radius 3 is 2.58 bits per heavy atom. The summed E-state index contributed by atoms with van der Waals surface area (Å²) in [5.74, 6) is 0.909. The summed E-state index contributed by atoms with van der Waals surface area (Å²) in [4.78, 5) is 5.67. The van der Waals surface area contributed by atoms with Gasteiger partial charge in [0.05, 0.1) is 18.3 Å². The Balaban J connectivity index is 1.98. The van der Waals surface area contributed by atoms with Crippen LogP contribution >= 0.6 is 11.3 Å². The molecule has 0 amide bonds. The fourth-order valence-corrected chi connectivity index (χ4v) is 3.10. The number of methoxy groups -OCH3 is 1. The molecule has 1 unspecified atom stereocenters. The van der Waals surface area contributed by atoms with E-state index in [2.05, 4.69) is 29.4 Å². The zero-order chi connectivity index (χ0) is 13.7. The molecule has 4 heteroatoms. The second-order valence-corrected chi connectivity index (χ2v) is 5.42. The second kappa shape index (κ2) is 6.68. The molecule has 3 nitrogen and oxygen atoms in total. The van der Waals surface area contributed by atoms with Crippen molar-refractivity contribution in [2.45, 2.75) is 25.8 Å². The van der Waals surface area contributed by atoms with Crippen LogP contribution in [0.3, 0.4) is 0 Å². The van der Waals surface area contributed by atoms with Gasteiger partial charge in [0.1, 0.15) is 5.75 Å². The van der Waals surface area contributed by atoms with E-state index in [1.54, 1.807) is 18.4 Å². The Labute approximate surface area is 118 Å². The van der Waals surface area contributed by atoms with Crippen LogP contribution in [0.1, 0.15) is 28.6 Å². The molecule has 0 spiro atoms. The van der Waals surface area contributed by atoms with Crippen LogP contribution in [-0.4, -0.2) is 19.1 Å². The molecule has 1 heterocycles. The van der Waals surface area contributed by atoms with Crippen LogP contribution in [-0.2, 0) is 6.42 Å². The third-order valence-electron chi connectivity index (χ3n) is 3.33. The molecule has 19 heavy (non-hydrogen) atoms. The molecule has 1 atom stereocenters. The Bertz CT molecular complexity index is 507. The Morgan fingerprint density at radius 2 is 2.05 bits per heavy atom. The van der Waals surface area contributed by atoms with Crippen LogP contribution in [0.2, 0.25) is 0 Å². The molecule has 1 aromatic carbocycles. The molecular formula is C15H20N2OS. The zero-order valence-electron chi connectivity index (χ0n) is 11.6. The van der Waals surface area contributed by atoms with E-state index in [0.29, 0.717) is 6.04 Å². The highest BCUT2D eigenvalue weighted by atomic mass is 32.1. The minimum Gasteiger partial charge on any atom is -0.497 e. The van der Waals surface area contributed by atoms with Gasteiger partial charge in [-0.1, -0.05) is 12.1 Å². The molecule has 0 fully saturated rings. The molecule has 0 aliphatic rings. The lowest BCUT2D eigenvalue weighted by Gasteiger charge is -2.15. The number of hydrogen-bond acceptors (Lipinski definition) is 4. The minimum absolute atomic E-state index is 0.384. The van der Waals surface area contributed by atoms with Crippen molar-refractivity contribution in [2.24, 2.45) is 0 Å². The summed E-state index contributed by atoms with van der Waals surface area (Å²) in [6, 6.07) is 8.68. The third kappa shape index (κ3) is 3.55. The number of hydrogen-bond donors (Lipinski definition) is 1. The van der Waals surface area contributed by atoms with Crippen molar-refractivity contribution in [1.29, 1.82) is 0 Å². The number of rotatable bonds is 6. The lowest BCUT2D eigenvalue weighted by Crippen LogP contribution is -2.16. The highest BCUT2D eigenvalue weighted by Gasteiger charge is 2.14. The van der Waals surface area contributed by atoms with Gasteiger partial charge in [0.2, 0.25) is 0 Å². The first-order valence-corrected chi connectivity index (χ1v) is 7.32. The van der Waals surface area contributed by atoms with Crippen LogP contribution in [0.5, 0.6) is 5.75 Å². The van der Waals surface area contributed by atoms with Crippen LogP contribution in [0, 0.1) is 6.92 Å². The maximum atomic E-state index is 5.17. The highest BCUT2D eigenvalue weighted by molar-refractivity contribution is 7.09. The fourth-order valence-electron chi connectivity index (χ4n) is 2.16. The molecule has 2 rings (SSSR count). The van der Waals surface area contributed by atoms with Crippen molar-refractivity contribution >= 4 is 11.3 Å². The van der Waals surface area contributed by atoms with Gasteiger partial charge < -0.3 is 10.1 Å². The van der Waals surface area contributed by atoms with Gasteiger partial charge in [0.15, 0.2) is 0 Å². The van der Waals surface area contributed by atoms with Gasteiger partial charge in [-0.05, 0) is 44.5 Å². The lowest BCUT2D eigenvalue weighted by atomic mass is 10.0. The average Bonchev–Trinajstić information content (AvgIpc) is 2.87. The molecule has 102 valence electrons. The summed E-state index contributed by atoms with van der Waals surface area (Å²) in [5.41, 5.74) is 4.39. The van der Waals surface area contributed by atoms with Crippen molar-refractivity contribution in [1.82, 2.24) is 10.3 Å². The van der Waals surface area contributed by atoms with E-state index in [1.807, 2.05) is 24.7 Å². The monoisotopic (exact) mass is 276 g/mol. The molecule has 0 aliphatic heterocycles. The maximum absolute atomic E-state index is 5.17. The summed E-state index contributed by atoms with van der Waals surface area (Å²) in [5, 5.41) is 3.38. The quantitative estimate of drug-likeness (QED) is 0.878. The molecule has 0 aliphatic carbocycles. The fraction of sp³-hybridized carbons (Fsp3) is 0.400.